The minimum Gasteiger partial charge on any atom is -0.378 e. The van der Waals surface area contributed by atoms with Crippen molar-refractivity contribution in [3.63, 3.8) is 0 Å². The standard InChI is InChI=1S/C16H20N2O3/c1-17-13-6-2-3-7-14(13)18(11-16(17)20)15(19)9-8-12-5-4-10-21-12/h2-3,6-7,12H,4-5,8-11H2,1H3. The molecule has 1 aromatic carbocycles. The third kappa shape index (κ3) is 2.78. The maximum absolute atomic E-state index is 12.5. The molecule has 5 heteroatoms. The van der Waals surface area contributed by atoms with Crippen LogP contribution in [0.25, 0.3) is 0 Å². The van der Waals surface area contributed by atoms with Gasteiger partial charge in [0.1, 0.15) is 6.54 Å². The molecule has 0 N–H and O–H groups in total. The molecule has 1 atom stereocenters. The zero-order chi connectivity index (χ0) is 14.8. The van der Waals surface area contributed by atoms with Gasteiger partial charge in [-0.15, -0.1) is 0 Å². The van der Waals surface area contributed by atoms with Crippen LogP contribution in [0.1, 0.15) is 25.7 Å². The van der Waals surface area contributed by atoms with Crippen molar-refractivity contribution in [2.45, 2.75) is 31.8 Å². The fraction of sp³-hybridized carbons (Fsp3) is 0.500. The molecule has 0 radical (unpaired) electrons. The van der Waals surface area contributed by atoms with Crippen molar-refractivity contribution >= 4 is 23.2 Å². The Labute approximate surface area is 124 Å². The number of likely N-dealkylation sites (N-methyl/N-ethyl adjacent to an activating group) is 1. The van der Waals surface area contributed by atoms with E-state index in [1.165, 1.54) is 0 Å². The number of para-hydroxylation sites is 2. The maximum Gasteiger partial charge on any atom is 0.246 e. The Hall–Kier alpha value is -1.88. The van der Waals surface area contributed by atoms with Gasteiger partial charge in [-0.3, -0.25) is 9.59 Å². The van der Waals surface area contributed by atoms with Gasteiger partial charge < -0.3 is 14.5 Å². The van der Waals surface area contributed by atoms with Crippen molar-refractivity contribution < 1.29 is 14.3 Å². The van der Waals surface area contributed by atoms with Crippen LogP contribution in [0.15, 0.2) is 24.3 Å². The van der Waals surface area contributed by atoms with Gasteiger partial charge in [0.2, 0.25) is 11.8 Å². The molecule has 2 amide bonds. The molecule has 5 nitrogen and oxygen atoms in total. The van der Waals surface area contributed by atoms with Gasteiger partial charge >= 0.3 is 0 Å². The van der Waals surface area contributed by atoms with Gasteiger partial charge in [0, 0.05) is 20.1 Å². The summed E-state index contributed by atoms with van der Waals surface area (Å²) >= 11 is 0. The topological polar surface area (TPSA) is 49.9 Å². The lowest BCUT2D eigenvalue weighted by Crippen LogP contribution is -2.46. The first-order chi connectivity index (χ1) is 10.2. The van der Waals surface area contributed by atoms with Gasteiger partial charge in [0.25, 0.3) is 0 Å². The lowest BCUT2D eigenvalue weighted by Gasteiger charge is -2.34. The van der Waals surface area contributed by atoms with Gasteiger partial charge in [-0.05, 0) is 31.4 Å². The zero-order valence-corrected chi connectivity index (χ0v) is 12.2. The number of benzene rings is 1. The molecule has 0 spiro atoms. The second kappa shape index (κ2) is 5.85. The molecule has 1 saturated heterocycles. The number of rotatable bonds is 3. The molecule has 0 saturated carbocycles. The number of amides is 2. The Morgan fingerprint density at radius 2 is 2.10 bits per heavy atom. The minimum absolute atomic E-state index is 0.000556. The molecule has 2 aliphatic rings. The fourth-order valence-corrected chi connectivity index (χ4v) is 2.95. The van der Waals surface area contributed by atoms with Crippen molar-refractivity contribution in [3.8, 4) is 0 Å². The average Bonchev–Trinajstić information content (AvgIpc) is 3.02. The van der Waals surface area contributed by atoms with Crippen molar-refractivity contribution in [2.24, 2.45) is 0 Å². The Morgan fingerprint density at radius 3 is 2.81 bits per heavy atom. The van der Waals surface area contributed by atoms with Gasteiger partial charge in [0.05, 0.1) is 17.5 Å². The quantitative estimate of drug-likeness (QED) is 0.854. The molecule has 1 aromatic rings. The molecule has 3 rings (SSSR count). The van der Waals surface area contributed by atoms with Gasteiger partial charge in [-0.2, -0.15) is 0 Å². The van der Waals surface area contributed by atoms with E-state index in [1.807, 2.05) is 24.3 Å². The van der Waals surface area contributed by atoms with Crippen LogP contribution < -0.4 is 9.80 Å². The van der Waals surface area contributed by atoms with Crippen LogP contribution in [0.3, 0.4) is 0 Å². The molecule has 2 heterocycles. The van der Waals surface area contributed by atoms with E-state index in [0.29, 0.717) is 6.42 Å². The predicted molar refractivity (Wildman–Crippen MR) is 80.4 cm³/mol. The highest BCUT2D eigenvalue weighted by atomic mass is 16.5. The van der Waals surface area contributed by atoms with E-state index in [9.17, 15) is 9.59 Å². The van der Waals surface area contributed by atoms with Crippen molar-refractivity contribution in [2.75, 3.05) is 30.0 Å². The molecule has 1 fully saturated rings. The van der Waals surface area contributed by atoms with E-state index in [-0.39, 0.29) is 24.5 Å². The number of anilines is 2. The van der Waals surface area contributed by atoms with E-state index in [1.54, 1.807) is 16.8 Å². The van der Waals surface area contributed by atoms with Crippen LogP contribution in [0.4, 0.5) is 11.4 Å². The third-order valence-corrected chi connectivity index (χ3v) is 4.21. The second-order valence-corrected chi connectivity index (χ2v) is 5.60. The first-order valence-corrected chi connectivity index (χ1v) is 7.44. The SMILES string of the molecule is CN1C(=O)CN(C(=O)CCC2CCCO2)c2ccccc21. The summed E-state index contributed by atoms with van der Waals surface area (Å²) in [6, 6.07) is 7.53. The summed E-state index contributed by atoms with van der Waals surface area (Å²) in [7, 11) is 1.75. The Bertz CT molecular complexity index is 552. The summed E-state index contributed by atoms with van der Waals surface area (Å²) in [6.45, 7) is 0.923. The normalized spacial score (nSPS) is 21.6. The Kier molecular flexibility index (Phi) is 3.92. The van der Waals surface area contributed by atoms with Crippen LogP contribution in [-0.4, -0.2) is 38.1 Å². The first kappa shape index (κ1) is 14.1. The molecule has 1 unspecified atom stereocenters. The lowest BCUT2D eigenvalue weighted by atomic mass is 10.1. The number of carbonyl (C=O) groups is 2. The fourth-order valence-electron chi connectivity index (χ4n) is 2.95. The van der Waals surface area contributed by atoms with Gasteiger partial charge in [-0.1, -0.05) is 12.1 Å². The summed E-state index contributed by atoms with van der Waals surface area (Å²) in [5.74, 6) is -0.0569. The molecule has 0 aromatic heterocycles. The van der Waals surface area contributed by atoms with E-state index in [2.05, 4.69) is 0 Å². The monoisotopic (exact) mass is 288 g/mol. The summed E-state index contributed by atoms with van der Waals surface area (Å²) in [6.07, 6.45) is 3.48. The largest absolute Gasteiger partial charge is 0.378 e. The highest BCUT2D eigenvalue weighted by Crippen LogP contribution is 2.33. The number of carbonyl (C=O) groups excluding carboxylic acids is 2. The number of hydrogen-bond acceptors (Lipinski definition) is 3. The first-order valence-electron chi connectivity index (χ1n) is 7.44. The molecule has 21 heavy (non-hydrogen) atoms. The highest BCUT2D eigenvalue weighted by molar-refractivity contribution is 6.10. The van der Waals surface area contributed by atoms with Crippen LogP contribution >= 0.6 is 0 Å². The van der Waals surface area contributed by atoms with E-state index in [4.69, 9.17) is 4.74 Å². The number of ether oxygens (including phenoxy) is 1. The van der Waals surface area contributed by atoms with Crippen molar-refractivity contribution in [1.29, 1.82) is 0 Å². The Morgan fingerprint density at radius 1 is 1.33 bits per heavy atom. The Balaban J connectivity index is 1.73. The van der Waals surface area contributed by atoms with Crippen molar-refractivity contribution in [1.82, 2.24) is 0 Å². The molecule has 0 bridgehead atoms. The summed E-state index contributed by atoms with van der Waals surface area (Å²) < 4.78 is 5.55. The van der Waals surface area contributed by atoms with E-state index in [0.717, 1.165) is 37.2 Å². The number of fused-ring (bicyclic) bond motifs is 1. The smallest absolute Gasteiger partial charge is 0.246 e. The zero-order valence-electron chi connectivity index (χ0n) is 12.2. The lowest BCUT2D eigenvalue weighted by molar-refractivity contribution is -0.123. The molecule has 0 aliphatic carbocycles. The van der Waals surface area contributed by atoms with E-state index >= 15 is 0 Å². The molecule has 2 aliphatic heterocycles. The maximum atomic E-state index is 12.5. The van der Waals surface area contributed by atoms with Crippen LogP contribution in [-0.2, 0) is 14.3 Å². The number of hydrogen-bond donors (Lipinski definition) is 0. The predicted octanol–water partition coefficient (Wildman–Crippen LogP) is 1.96. The summed E-state index contributed by atoms with van der Waals surface area (Å²) in [4.78, 5) is 27.7. The highest BCUT2D eigenvalue weighted by Gasteiger charge is 2.30. The average molecular weight is 288 g/mol. The molecule has 112 valence electrons. The van der Waals surface area contributed by atoms with Crippen LogP contribution in [0.2, 0.25) is 0 Å². The van der Waals surface area contributed by atoms with Crippen LogP contribution in [0.5, 0.6) is 0 Å². The van der Waals surface area contributed by atoms with Gasteiger partial charge in [0.15, 0.2) is 0 Å². The second-order valence-electron chi connectivity index (χ2n) is 5.60. The van der Waals surface area contributed by atoms with Crippen LogP contribution in [0, 0.1) is 0 Å². The van der Waals surface area contributed by atoms with Crippen molar-refractivity contribution in [3.05, 3.63) is 24.3 Å². The minimum atomic E-state index is -0.0563. The summed E-state index contributed by atoms with van der Waals surface area (Å²) in [5, 5.41) is 0. The molecular formula is C16H20N2O3. The van der Waals surface area contributed by atoms with Gasteiger partial charge in [-0.25, -0.2) is 0 Å². The summed E-state index contributed by atoms with van der Waals surface area (Å²) in [5.41, 5.74) is 1.61. The third-order valence-electron chi connectivity index (χ3n) is 4.21. The van der Waals surface area contributed by atoms with E-state index < -0.39 is 0 Å². The molecular weight excluding hydrogens is 268 g/mol. The number of nitrogens with zero attached hydrogens (tertiary/aromatic N) is 2.